The van der Waals surface area contributed by atoms with Crippen LogP contribution in [-0.4, -0.2) is 48.3 Å². The number of likely N-dealkylation sites (tertiary alicyclic amines) is 1. The van der Waals surface area contributed by atoms with Gasteiger partial charge in [0.25, 0.3) is 0 Å². The Bertz CT molecular complexity index is 166. The first-order valence-corrected chi connectivity index (χ1v) is 4.18. The fourth-order valence-electron chi connectivity index (χ4n) is 1.46. The summed E-state index contributed by atoms with van der Waals surface area (Å²) in [7, 11) is 1.66. The molecular weight excluding hydrogens is 158 g/mol. The van der Waals surface area contributed by atoms with Crippen LogP contribution in [0.5, 0.6) is 0 Å². The molecule has 1 saturated heterocycles. The number of carbonyl (C=O) groups is 1. The van der Waals surface area contributed by atoms with Gasteiger partial charge in [-0.1, -0.05) is 6.92 Å². The van der Waals surface area contributed by atoms with Crippen molar-refractivity contribution in [1.82, 2.24) is 4.90 Å². The first-order valence-electron chi connectivity index (χ1n) is 4.18. The second kappa shape index (κ2) is 3.87. The summed E-state index contributed by atoms with van der Waals surface area (Å²) in [5.41, 5.74) is 0. The standard InChI is InChI=1S/C8H15NO3/c1-3-7(8(10)11)9-4-6(5-9)12-2/h6-7H,3-5H2,1-2H3,(H,10,11)/t7-/m1/s1. The van der Waals surface area contributed by atoms with E-state index in [0.29, 0.717) is 6.42 Å². The lowest BCUT2D eigenvalue weighted by atomic mass is 10.1. The predicted octanol–water partition coefficient (Wildman–Crippen LogP) is 0.180. The number of nitrogens with zero attached hydrogens (tertiary/aromatic N) is 1. The molecule has 1 aliphatic heterocycles. The van der Waals surface area contributed by atoms with Crippen LogP contribution in [0.3, 0.4) is 0 Å². The molecule has 0 aromatic heterocycles. The quantitative estimate of drug-likeness (QED) is 0.659. The lowest BCUT2D eigenvalue weighted by molar-refractivity contribution is -0.149. The molecule has 1 aliphatic rings. The molecule has 0 aliphatic carbocycles. The van der Waals surface area contributed by atoms with Crippen molar-refractivity contribution in [2.45, 2.75) is 25.5 Å². The summed E-state index contributed by atoms with van der Waals surface area (Å²) < 4.78 is 5.06. The smallest absolute Gasteiger partial charge is 0.320 e. The van der Waals surface area contributed by atoms with E-state index in [9.17, 15) is 4.79 Å². The Labute approximate surface area is 72.1 Å². The molecule has 70 valence electrons. The lowest BCUT2D eigenvalue weighted by Gasteiger charge is -2.41. The summed E-state index contributed by atoms with van der Waals surface area (Å²) >= 11 is 0. The number of ether oxygens (including phenoxy) is 1. The normalized spacial score (nSPS) is 21.8. The molecule has 0 radical (unpaired) electrons. The van der Waals surface area contributed by atoms with Crippen molar-refractivity contribution >= 4 is 5.97 Å². The lowest BCUT2D eigenvalue weighted by Crippen LogP contribution is -2.58. The Kier molecular flexibility index (Phi) is 3.05. The highest BCUT2D eigenvalue weighted by molar-refractivity contribution is 5.73. The van der Waals surface area contributed by atoms with Crippen molar-refractivity contribution in [1.29, 1.82) is 0 Å². The summed E-state index contributed by atoms with van der Waals surface area (Å²) in [5.74, 6) is -0.730. The zero-order chi connectivity index (χ0) is 9.14. The second-order valence-corrected chi connectivity index (χ2v) is 3.07. The maximum atomic E-state index is 10.7. The fourth-order valence-corrected chi connectivity index (χ4v) is 1.46. The highest BCUT2D eigenvalue weighted by Gasteiger charge is 2.34. The van der Waals surface area contributed by atoms with Gasteiger partial charge in [0, 0.05) is 20.2 Å². The Morgan fingerprint density at radius 1 is 1.75 bits per heavy atom. The third-order valence-corrected chi connectivity index (χ3v) is 2.32. The molecule has 0 bridgehead atoms. The minimum atomic E-state index is -0.730. The average molecular weight is 173 g/mol. The van der Waals surface area contributed by atoms with Gasteiger partial charge in [-0.25, -0.2) is 0 Å². The van der Waals surface area contributed by atoms with E-state index in [1.54, 1.807) is 7.11 Å². The molecular formula is C8H15NO3. The molecule has 1 N–H and O–H groups in total. The molecule has 0 saturated carbocycles. The zero-order valence-electron chi connectivity index (χ0n) is 7.49. The summed E-state index contributed by atoms with van der Waals surface area (Å²) in [6.07, 6.45) is 0.893. The molecule has 1 fully saturated rings. The molecule has 12 heavy (non-hydrogen) atoms. The van der Waals surface area contributed by atoms with Gasteiger partial charge in [0.05, 0.1) is 6.10 Å². The molecule has 1 atom stereocenters. The van der Waals surface area contributed by atoms with E-state index in [2.05, 4.69) is 0 Å². The van der Waals surface area contributed by atoms with E-state index in [1.807, 2.05) is 11.8 Å². The SMILES string of the molecule is CC[C@H](C(=O)O)N1CC(OC)C1. The summed E-state index contributed by atoms with van der Waals surface area (Å²) in [6.45, 7) is 3.39. The van der Waals surface area contributed by atoms with Gasteiger partial charge in [-0.2, -0.15) is 0 Å². The van der Waals surface area contributed by atoms with Gasteiger partial charge >= 0.3 is 5.97 Å². The molecule has 0 amide bonds. The van der Waals surface area contributed by atoms with Crippen molar-refractivity contribution in [3.8, 4) is 0 Å². The molecule has 0 spiro atoms. The molecule has 4 heteroatoms. The van der Waals surface area contributed by atoms with Crippen LogP contribution in [0.15, 0.2) is 0 Å². The minimum absolute atomic E-state index is 0.235. The van der Waals surface area contributed by atoms with E-state index in [0.717, 1.165) is 13.1 Å². The van der Waals surface area contributed by atoms with Crippen LogP contribution in [0.2, 0.25) is 0 Å². The Morgan fingerprint density at radius 2 is 2.33 bits per heavy atom. The van der Waals surface area contributed by atoms with E-state index < -0.39 is 5.97 Å². The number of hydrogen-bond donors (Lipinski definition) is 1. The highest BCUT2D eigenvalue weighted by atomic mass is 16.5. The highest BCUT2D eigenvalue weighted by Crippen LogP contribution is 2.16. The van der Waals surface area contributed by atoms with Gasteiger partial charge < -0.3 is 9.84 Å². The van der Waals surface area contributed by atoms with Gasteiger partial charge in [-0.05, 0) is 6.42 Å². The number of aliphatic carboxylic acids is 1. The monoisotopic (exact) mass is 173 g/mol. The Morgan fingerprint density at radius 3 is 2.67 bits per heavy atom. The number of rotatable bonds is 4. The molecule has 1 heterocycles. The molecule has 0 aromatic rings. The van der Waals surface area contributed by atoms with Crippen molar-refractivity contribution < 1.29 is 14.6 Å². The van der Waals surface area contributed by atoms with Gasteiger partial charge in [0.2, 0.25) is 0 Å². The maximum Gasteiger partial charge on any atom is 0.320 e. The topological polar surface area (TPSA) is 49.8 Å². The van der Waals surface area contributed by atoms with Gasteiger partial charge in [0.1, 0.15) is 6.04 Å². The van der Waals surface area contributed by atoms with Crippen molar-refractivity contribution in [3.05, 3.63) is 0 Å². The van der Waals surface area contributed by atoms with Crippen LogP contribution in [0.1, 0.15) is 13.3 Å². The first-order chi connectivity index (χ1) is 5.69. The van der Waals surface area contributed by atoms with Crippen LogP contribution >= 0.6 is 0 Å². The van der Waals surface area contributed by atoms with Gasteiger partial charge in [-0.3, -0.25) is 9.69 Å². The van der Waals surface area contributed by atoms with E-state index in [1.165, 1.54) is 0 Å². The second-order valence-electron chi connectivity index (χ2n) is 3.07. The number of methoxy groups -OCH3 is 1. The molecule has 4 nitrogen and oxygen atoms in total. The van der Waals surface area contributed by atoms with Crippen LogP contribution in [0.25, 0.3) is 0 Å². The number of carboxylic acid groups (broad SMARTS) is 1. The Hall–Kier alpha value is -0.610. The minimum Gasteiger partial charge on any atom is -0.480 e. The summed E-state index contributed by atoms with van der Waals surface area (Å²) in [4.78, 5) is 12.6. The average Bonchev–Trinajstić information content (AvgIpc) is 1.94. The zero-order valence-corrected chi connectivity index (χ0v) is 7.49. The Balaban J connectivity index is 2.34. The van der Waals surface area contributed by atoms with Crippen LogP contribution < -0.4 is 0 Å². The van der Waals surface area contributed by atoms with Crippen molar-refractivity contribution in [3.63, 3.8) is 0 Å². The fraction of sp³-hybridized carbons (Fsp3) is 0.875. The van der Waals surface area contributed by atoms with Crippen molar-refractivity contribution in [2.24, 2.45) is 0 Å². The molecule has 0 unspecified atom stereocenters. The third kappa shape index (κ3) is 1.76. The van der Waals surface area contributed by atoms with E-state index in [-0.39, 0.29) is 12.1 Å². The number of carboxylic acids is 1. The summed E-state index contributed by atoms with van der Waals surface area (Å²) in [5, 5.41) is 8.79. The third-order valence-electron chi connectivity index (χ3n) is 2.32. The van der Waals surface area contributed by atoms with E-state index >= 15 is 0 Å². The van der Waals surface area contributed by atoms with Gasteiger partial charge in [0.15, 0.2) is 0 Å². The summed E-state index contributed by atoms with van der Waals surface area (Å²) in [6, 6.07) is -0.323. The van der Waals surface area contributed by atoms with Crippen LogP contribution in [-0.2, 0) is 9.53 Å². The maximum absolute atomic E-state index is 10.7. The van der Waals surface area contributed by atoms with Crippen molar-refractivity contribution in [2.75, 3.05) is 20.2 Å². The largest absolute Gasteiger partial charge is 0.480 e. The predicted molar refractivity (Wildman–Crippen MR) is 44.1 cm³/mol. The van der Waals surface area contributed by atoms with Crippen LogP contribution in [0.4, 0.5) is 0 Å². The number of hydrogen-bond acceptors (Lipinski definition) is 3. The van der Waals surface area contributed by atoms with Crippen LogP contribution in [0, 0.1) is 0 Å². The first kappa shape index (κ1) is 9.48. The molecule has 1 rings (SSSR count). The van der Waals surface area contributed by atoms with E-state index in [4.69, 9.17) is 9.84 Å². The van der Waals surface area contributed by atoms with Gasteiger partial charge in [-0.15, -0.1) is 0 Å². The molecule has 0 aromatic carbocycles.